The number of alkyl halides is 3. The Morgan fingerprint density at radius 3 is 2.68 bits per heavy atom. The van der Waals surface area contributed by atoms with Gasteiger partial charge in [0, 0.05) is 37.7 Å². The number of amides is 3. The van der Waals surface area contributed by atoms with Gasteiger partial charge in [0.05, 0.1) is 6.54 Å². The number of nitrogens with one attached hydrogen (secondary N) is 1. The number of hydrogen-bond acceptors (Lipinski definition) is 6. The summed E-state index contributed by atoms with van der Waals surface area (Å²) < 4.78 is 44.1. The van der Waals surface area contributed by atoms with Crippen molar-refractivity contribution in [3.63, 3.8) is 0 Å². The van der Waals surface area contributed by atoms with Crippen LogP contribution < -0.4 is 15.8 Å². The maximum absolute atomic E-state index is 12.7. The minimum atomic E-state index is -4.29. The van der Waals surface area contributed by atoms with Crippen molar-refractivity contribution in [3.05, 3.63) is 29.3 Å². The molecule has 0 bridgehead atoms. The molecule has 3 heterocycles. The molecule has 3 amide bonds. The minimum Gasteiger partial charge on any atom is -0.487 e. The second-order valence-corrected chi connectivity index (χ2v) is 8.18. The minimum absolute atomic E-state index is 0.0547. The lowest BCUT2D eigenvalue weighted by Crippen LogP contribution is -2.54. The van der Waals surface area contributed by atoms with Crippen LogP contribution in [0.4, 0.5) is 13.2 Å². The Balaban J connectivity index is 1.44. The highest BCUT2D eigenvalue weighted by molar-refractivity contribution is 6.05. The summed E-state index contributed by atoms with van der Waals surface area (Å²) in [4.78, 5) is 38.9. The maximum Gasteiger partial charge on any atom is 0.401 e. The largest absolute Gasteiger partial charge is 0.487 e. The van der Waals surface area contributed by atoms with Gasteiger partial charge in [-0.05, 0) is 36.6 Å². The number of ether oxygens (including phenoxy) is 1. The van der Waals surface area contributed by atoms with E-state index >= 15 is 0 Å². The number of nitrogens with two attached hydrogens (primary N) is 1. The zero-order valence-electron chi connectivity index (χ0n) is 16.7. The van der Waals surface area contributed by atoms with E-state index < -0.39 is 36.8 Å². The van der Waals surface area contributed by atoms with Gasteiger partial charge >= 0.3 is 6.18 Å². The van der Waals surface area contributed by atoms with Crippen molar-refractivity contribution in [2.24, 2.45) is 5.73 Å². The summed E-state index contributed by atoms with van der Waals surface area (Å²) in [5.41, 5.74) is 7.16. The van der Waals surface area contributed by atoms with E-state index in [4.69, 9.17) is 10.5 Å². The number of rotatable bonds is 4. The molecule has 31 heavy (non-hydrogen) atoms. The van der Waals surface area contributed by atoms with Crippen LogP contribution in [0.25, 0.3) is 0 Å². The summed E-state index contributed by atoms with van der Waals surface area (Å²) in [6.45, 7) is -0.521. The molecule has 3 N–H and O–H groups in total. The van der Waals surface area contributed by atoms with E-state index in [-0.39, 0.29) is 44.3 Å². The Hall–Kier alpha value is -2.66. The Morgan fingerprint density at radius 1 is 1.19 bits per heavy atom. The van der Waals surface area contributed by atoms with Gasteiger partial charge in [-0.3, -0.25) is 24.6 Å². The molecule has 4 rings (SSSR count). The van der Waals surface area contributed by atoms with Gasteiger partial charge in [-0.1, -0.05) is 0 Å². The lowest BCUT2D eigenvalue weighted by molar-refractivity contribution is -0.151. The molecule has 3 atom stereocenters. The third kappa shape index (κ3) is 4.67. The molecule has 3 aliphatic heterocycles. The first-order valence-electron chi connectivity index (χ1n) is 10.1. The molecule has 1 aromatic rings. The molecule has 0 saturated carbocycles. The number of carbonyl (C=O) groups excluding carboxylic acids is 3. The number of piperidine rings is 2. The highest BCUT2D eigenvalue weighted by Gasteiger charge is 2.40. The van der Waals surface area contributed by atoms with Gasteiger partial charge in [0.2, 0.25) is 11.8 Å². The molecule has 3 aliphatic rings. The fourth-order valence-electron chi connectivity index (χ4n) is 4.32. The number of nitrogens with zero attached hydrogens (tertiary/aromatic N) is 2. The molecule has 0 aliphatic carbocycles. The van der Waals surface area contributed by atoms with E-state index in [0.717, 1.165) is 0 Å². The lowest BCUT2D eigenvalue weighted by atomic mass is 10.0. The topological polar surface area (TPSA) is 105 Å². The number of fused-ring (bicyclic) bond motifs is 1. The van der Waals surface area contributed by atoms with Gasteiger partial charge < -0.3 is 15.4 Å². The molecule has 0 spiro atoms. The summed E-state index contributed by atoms with van der Waals surface area (Å²) in [7, 11) is 0. The quantitative estimate of drug-likeness (QED) is 0.671. The molecule has 8 nitrogen and oxygen atoms in total. The van der Waals surface area contributed by atoms with Crippen molar-refractivity contribution in [3.8, 4) is 5.75 Å². The number of halogens is 3. The summed E-state index contributed by atoms with van der Waals surface area (Å²) in [6.07, 6.45) is -4.09. The van der Waals surface area contributed by atoms with Crippen molar-refractivity contribution in [2.75, 3.05) is 19.6 Å². The van der Waals surface area contributed by atoms with Gasteiger partial charge in [0.1, 0.15) is 17.9 Å². The Labute approximate surface area is 176 Å². The Kier molecular flexibility index (Phi) is 5.65. The summed E-state index contributed by atoms with van der Waals surface area (Å²) >= 11 is 0. The fourth-order valence-corrected chi connectivity index (χ4v) is 4.32. The van der Waals surface area contributed by atoms with Crippen molar-refractivity contribution in [2.45, 2.75) is 50.2 Å². The molecular formula is C20H23F3N4O4. The van der Waals surface area contributed by atoms with Crippen LogP contribution in [0.5, 0.6) is 5.75 Å². The maximum atomic E-state index is 12.7. The number of hydrogen-bond donors (Lipinski definition) is 2. The van der Waals surface area contributed by atoms with E-state index in [2.05, 4.69) is 5.32 Å². The Bertz CT molecular complexity index is 907. The zero-order chi connectivity index (χ0) is 22.3. The number of carbonyl (C=O) groups is 3. The predicted molar refractivity (Wildman–Crippen MR) is 102 cm³/mol. The highest BCUT2D eigenvalue weighted by Crippen LogP contribution is 2.31. The van der Waals surface area contributed by atoms with E-state index in [9.17, 15) is 27.6 Å². The molecule has 2 fully saturated rings. The second kappa shape index (κ2) is 8.12. The van der Waals surface area contributed by atoms with Crippen LogP contribution in [-0.4, -0.2) is 71.5 Å². The standard InChI is InChI=1S/C20H23F3N4O4/c21-20(22,23)10-26-6-5-14(24)16(9-26)31-12-1-2-13-11(7-12)8-27(19(13)30)15-3-4-17(28)25-18(15)29/h1-2,7,14-16H,3-6,8-10,24H2,(H,25,28,29)/t14-,15?,16-/m1/s1. The van der Waals surface area contributed by atoms with E-state index in [1.54, 1.807) is 18.2 Å². The zero-order valence-corrected chi connectivity index (χ0v) is 16.7. The molecular weight excluding hydrogens is 417 g/mol. The second-order valence-electron chi connectivity index (χ2n) is 8.18. The normalized spacial score (nSPS) is 27.3. The summed E-state index contributed by atoms with van der Waals surface area (Å²) in [6, 6.07) is 3.71. The summed E-state index contributed by atoms with van der Waals surface area (Å²) in [5.74, 6) is -0.746. The van der Waals surface area contributed by atoms with Crippen LogP contribution in [0.1, 0.15) is 35.2 Å². The predicted octanol–water partition coefficient (Wildman–Crippen LogP) is 0.790. The molecule has 0 aromatic heterocycles. The molecule has 2 saturated heterocycles. The van der Waals surface area contributed by atoms with Crippen molar-refractivity contribution in [1.82, 2.24) is 15.1 Å². The molecule has 1 unspecified atom stereocenters. The van der Waals surface area contributed by atoms with Gasteiger partial charge in [0.25, 0.3) is 5.91 Å². The average molecular weight is 440 g/mol. The third-order valence-corrected chi connectivity index (χ3v) is 5.88. The first kappa shape index (κ1) is 21.6. The molecule has 1 aromatic carbocycles. The molecule has 0 radical (unpaired) electrons. The van der Waals surface area contributed by atoms with Crippen molar-refractivity contribution in [1.29, 1.82) is 0 Å². The van der Waals surface area contributed by atoms with Gasteiger partial charge in [-0.15, -0.1) is 0 Å². The molecule has 11 heteroatoms. The van der Waals surface area contributed by atoms with Gasteiger partial charge in [-0.2, -0.15) is 13.2 Å². The number of likely N-dealkylation sites (tertiary alicyclic amines) is 1. The SMILES string of the molecule is N[C@@H]1CCN(CC(F)(F)F)C[C@H]1Oc1ccc2c(c1)CN(C1CCC(=O)NC1=O)C2=O. The van der Waals surface area contributed by atoms with E-state index in [1.165, 1.54) is 9.80 Å². The highest BCUT2D eigenvalue weighted by atomic mass is 19.4. The first-order chi connectivity index (χ1) is 14.6. The number of benzene rings is 1. The van der Waals surface area contributed by atoms with Crippen molar-refractivity contribution < 1.29 is 32.3 Å². The smallest absolute Gasteiger partial charge is 0.401 e. The monoisotopic (exact) mass is 440 g/mol. The van der Waals surface area contributed by atoms with Crippen LogP contribution in [0.2, 0.25) is 0 Å². The first-order valence-corrected chi connectivity index (χ1v) is 10.1. The lowest BCUT2D eigenvalue weighted by Gasteiger charge is -2.37. The average Bonchev–Trinajstić information content (AvgIpc) is 2.99. The summed E-state index contributed by atoms with van der Waals surface area (Å²) in [5, 5.41) is 2.25. The van der Waals surface area contributed by atoms with Crippen molar-refractivity contribution >= 4 is 17.7 Å². The van der Waals surface area contributed by atoms with E-state index in [0.29, 0.717) is 23.3 Å². The fraction of sp³-hybridized carbons (Fsp3) is 0.550. The molecule has 168 valence electrons. The van der Waals surface area contributed by atoms with E-state index in [1.807, 2.05) is 0 Å². The van der Waals surface area contributed by atoms with Crippen LogP contribution in [0.15, 0.2) is 18.2 Å². The van der Waals surface area contributed by atoms with Crippen LogP contribution >= 0.6 is 0 Å². The van der Waals surface area contributed by atoms with Crippen LogP contribution in [0.3, 0.4) is 0 Å². The Morgan fingerprint density at radius 2 is 1.97 bits per heavy atom. The van der Waals surface area contributed by atoms with Gasteiger partial charge in [0.15, 0.2) is 0 Å². The third-order valence-electron chi connectivity index (χ3n) is 5.88. The van der Waals surface area contributed by atoms with Crippen LogP contribution in [-0.2, 0) is 16.1 Å². The van der Waals surface area contributed by atoms with Crippen LogP contribution in [0, 0.1) is 0 Å². The van der Waals surface area contributed by atoms with Gasteiger partial charge in [-0.25, -0.2) is 0 Å². The number of imide groups is 1.